The predicted molar refractivity (Wildman–Crippen MR) is 70.2 cm³/mol. The van der Waals surface area contributed by atoms with Gasteiger partial charge in [0.1, 0.15) is 5.69 Å². The van der Waals surface area contributed by atoms with Crippen molar-refractivity contribution in [3.8, 4) is 0 Å². The monoisotopic (exact) mass is 281 g/mol. The van der Waals surface area contributed by atoms with Gasteiger partial charge >= 0.3 is 0 Å². The molecule has 1 unspecified atom stereocenters. The number of hydrogen-bond acceptors (Lipinski definition) is 6. The molecule has 1 aliphatic rings. The summed E-state index contributed by atoms with van der Waals surface area (Å²) in [6.07, 6.45) is 0. The Bertz CT molecular complexity index is 534. The van der Waals surface area contributed by atoms with Gasteiger partial charge in [-0.3, -0.25) is 14.9 Å². The molecule has 1 atom stereocenters. The van der Waals surface area contributed by atoms with Crippen LogP contribution < -0.4 is 5.73 Å². The van der Waals surface area contributed by atoms with Crippen molar-refractivity contribution >= 4 is 17.3 Å². The highest BCUT2D eigenvalue weighted by Crippen LogP contribution is 2.23. The smallest absolute Gasteiger partial charge is 0.292 e. The van der Waals surface area contributed by atoms with Crippen LogP contribution in [-0.2, 0) is 4.74 Å². The van der Waals surface area contributed by atoms with Gasteiger partial charge in [-0.2, -0.15) is 0 Å². The summed E-state index contributed by atoms with van der Waals surface area (Å²) in [5.41, 5.74) is 5.53. The quantitative estimate of drug-likeness (QED) is 0.457. The van der Waals surface area contributed by atoms with E-state index >= 15 is 0 Å². The van der Waals surface area contributed by atoms with Crippen molar-refractivity contribution in [1.82, 2.24) is 4.90 Å². The second-order valence-corrected chi connectivity index (χ2v) is 4.44. The number of nitrogens with zero attached hydrogens (tertiary/aromatic N) is 2. The maximum atomic E-state index is 12.3. The van der Waals surface area contributed by atoms with Crippen molar-refractivity contribution < 1.29 is 19.6 Å². The molecule has 1 amide bonds. The highest BCUT2D eigenvalue weighted by molar-refractivity contribution is 5.96. The molecule has 1 aromatic carbocycles. The summed E-state index contributed by atoms with van der Waals surface area (Å²) in [7, 11) is 0. The minimum atomic E-state index is -0.602. The first-order chi connectivity index (χ1) is 9.54. The van der Waals surface area contributed by atoms with Crippen molar-refractivity contribution in [1.29, 1.82) is 0 Å². The molecule has 0 aromatic heterocycles. The maximum Gasteiger partial charge on any atom is 0.292 e. The number of morpholine rings is 1. The molecule has 20 heavy (non-hydrogen) atoms. The zero-order valence-electron chi connectivity index (χ0n) is 10.7. The number of hydrogen-bond donors (Lipinski definition) is 2. The Balaban J connectivity index is 2.24. The molecule has 1 saturated heterocycles. The first-order valence-electron chi connectivity index (χ1n) is 6.08. The lowest BCUT2D eigenvalue weighted by Crippen LogP contribution is -2.50. The molecule has 1 fully saturated rings. The molecule has 1 heterocycles. The highest BCUT2D eigenvalue weighted by Gasteiger charge is 2.28. The van der Waals surface area contributed by atoms with Gasteiger partial charge in [-0.15, -0.1) is 0 Å². The van der Waals surface area contributed by atoms with Crippen molar-refractivity contribution in [2.45, 2.75) is 6.04 Å². The summed E-state index contributed by atoms with van der Waals surface area (Å²) in [5.74, 6) is -0.325. The predicted octanol–water partition coefficient (Wildman–Crippen LogP) is 0.0103. The lowest BCUT2D eigenvalue weighted by atomic mass is 10.1. The number of nitro benzene ring substituents is 1. The van der Waals surface area contributed by atoms with Gasteiger partial charge in [0.25, 0.3) is 11.6 Å². The van der Waals surface area contributed by atoms with Crippen LogP contribution in [0.2, 0.25) is 0 Å². The molecule has 2 rings (SSSR count). The van der Waals surface area contributed by atoms with Crippen LogP contribution in [0.25, 0.3) is 0 Å². The van der Waals surface area contributed by atoms with Crippen LogP contribution in [0.15, 0.2) is 18.2 Å². The van der Waals surface area contributed by atoms with E-state index in [4.69, 9.17) is 10.5 Å². The van der Waals surface area contributed by atoms with Crippen molar-refractivity contribution in [3.63, 3.8) is 0 Å². The van der Waals surface area contributed by atoms with Crippen molar-refractivity contribution in [3.05, 3.63) is 33.9 Å². The Morgan fingerprint density at radius 2 is 2.35 bits per heavy atom. The van der Waals surface area contributed by atoms with E-state index < -0.39 is 11.0 Å². The number of nitrogens with two attached hydrogens (primary N) is 1. The molecule has 8 heteroatoms. The minimum absolute atomic E-state index is 0.0605. The van der Waals surface area contributed by atoms with Crippen LogP contribution in [0.1, 0.15) is 10.4 Å². The normalized spacial score (nSPS) is 18.9. The number of aliphatic hydroxyl groups is 1. The van der Waals surface area contributed by atoms with E-state index in [9.17, 15) is 20.0 Å². The number of amides is 1. The fourth-order valence-corrected chi connectivity index (χ4v) is 2.09. The Labute approximate surface area is 114 Å². The number of nitrogen functional groups attached to an aromatic ring is 1. The van der Waals surface area contributed by atoms with E-state index in [1.807, 2.05) is 0 Å². The number of benzene rings is 1. The van der Waals surface area contributed by atoms with Crippen LogP contribution >= 0.6 is 0 Å². The molecular formula is C12H15N3O5. The number of carbonyl (C=O) groups is 1. The summed E-state index contributed by atoms with van der Waals surface area (Å²) in [6.45, 7) is 0.824. The third-order valence-electron chi connectivity index (χ3n) is 3.17. The van der Waals surface area contributed by atoms with Crippen molar-refractivity contribution in [2.75, 3.05) is 32.1 Å². The van der Waals surface area contributed by atoms with Crippen molar-refractivity contribution in [2.24, 2.45) is 0 Å². The Hall–Kier alpha value is -2.19. The number of nitro groups is 1. The van der Waals surface area contributed by atoms with Crippen LogP contribution in [0, 0.1) is 10.1 Å². The lowest BCUT2D eigenvalue weighted by molar-refractivity contribution is -0.383. The Morgan fingerprint density at radius 1 is 1.60 bits per heavy atom. The molecule has 8 nitrogen and oxygen atoms in total. The number of ether oxygens (including phenoxy) is 1. The first kappa shape index (κ1) is 14.2. The van der Waals surface area contributed by atoms with Gasteiger partial charge in [0.2, 0.25) is 0 Å². The highest BCUT2D eigenvalue weighted by atomic mass is 16.6. The van der Waals surface area contributed by atoms with E-state index in [1.54, 1.807) is 0 Å². The topological polar surface area (TPSA) is 119 Å². The summed E-state index contributed by atoms with van der Waals surface area (Å²) in [4.78, 5) is 23.9. The van der Waals surface area contributed by atoms with Gasteiger partial charge in [-0.1, -0.05) is 0 Å². The molecule has 0 bridgehead atoms. The maximum absolute atomic E-state index is 12.3. The SMILES string of the molecule is Nc1cc(C(=O)N2CCOCC2CO)ccc1[N+](=O)[O-]. The van der Waals surface area contributed by atoms with E-state index in [0.29, 0.717) is 13.2 Å². The zero-order valence-corrected chi connectivity index (χ0v) is 10.7. The molecule has 108 valence electrons. The molecule has 0 aliphatic carbocycles. The second kappa shape index (κ2) is 5.85. The molecule has 1 aliphatic heterocycles. The summed E-state index contributed by atoms with van der Waals surface area (Å²) in [6, 6.07) is 3.44. The summed E-state index contributed by atoms with van der Waals surface area (Å²) >= 11 is 0. The minimum Gasteiger partial charge on any atom is -0.394 e. The molecular weight excluding hydrogens is 266 g/mol. The van der Waals surface area contributed by atoms with Crippen LogP contribution in [0.4, 0.5) is 11.4 Å². The first-order valence-corrected chi connectivity index (χ1v) is 6.08. The van der Waals surface area contributed by atoms with E-state index in [-0.39, 0.29) is 36.1 Å². The average molecular weight is 281 g/mol. The van der Waals surface area contributed by atoms with E-state index in [0.717, 1.165) is 0 Å². The Kier molecular flexibility index (Phi) is 4.16. The van der Waals surface area contributed by atoms with E-state index in [1.165, 1.54) is 23.1 Å². The van der Waals surface area contributed by atoms with Gasteiger partial charge in [-0.25, -0.2) is 0 Å². The summed E-state index contributed by atoms with van der Waals surface area (Å²) < 4.78 is 5.20. The average Bonchev–Trinajstić information content (AvgIpc) is 2.45. The molecule has 1 aromatic rings. The van der Waals surface area contributed by atoms with Gasteiger partial charge in [-0.05, 0) is 12.1 Å². The number of carbonyl (C=O) groups excluding carboxylic acids is 1. The second-order valence-electron chi connectivity index (χ2n) is 4.44. The van der Waals surface area contributed by atoms with Crippen LogP contribution in [0.3, 0.4) is 0 Å². The van der Waals surface area contributed by atoms with Gasteiger partial charge in [0.05, 0.1) is 30.8 Å². The largest absolute Gasteiger partial charge is 0.394 e. The summed E-state index contributed by atoms with van der Waals surface area (Å²) in [5, 5.41) is 19.9. The van der Waals surface area contributed by atoms with E-state index in [2.05, 4.69) is 0 Å². The van der Waals surface area contributed by atoms with Gasteiger partial charge in [0.15, 0.2) is 0 Å². The standard InChI is InChI=1S/C12H15N3O5/c13-10-5-8(1-2-11(10)15(18)19)12(17)14-3-4-20-7-9(14)6-16/h1-2,5,9,16H,3-4,6-7,13H2. The molecule has 0 radical (unpaired) electrons. The number of aliphatic hydroxyl groups excluding tert-OH is 1. The molecule has 3 N–H and O–H groups in total. The van der Waals surface area contributed by atoms with Crippen LogP contribution in [0.5, 0.6) is 0 Å². The fourth-order valence-electron chi connectivity index (χ4n) is 2.09. The third kappa shape index (κ3) is 2.70. The lowest BCUT2D eigenvalue weighted by Gasteiger charge is -2.34. The number of anilines is 1. The fraction of sp³-hybridized carbons (Fsp3) is 0.417. The third-order valence-corrected chi connectivity index (χ3v) is 3.17. The van der Waals surface area contributed by atoms with Gasteiger partial charge < -0.3 is 20.5 Å². The van der Waals surface area contributed by atoms with Crippen LogP contribution in [-0.4, -0.2) is 53.2 Å². The molecule has 0 saturated carbocycles. The van der Waals surface area contributed by atoms with Gasteiger partial charge in [0, 0.05) is 18.2 Å². The molecule has 0 spiro atoms. The number of rotatable bonds is 3. The Morgan fingerprint density at radius 3 is 2.95 bits per heavy atom. The zero-order chi connectivity index (χ0) is 14.7.